The molecule has 1 fully saturated rings. The molecule has 0 N–H and O–H groups in total. The number of carboxylic acid groups (broad SMARTS) is 1. The van der Waals surface area contributed by atoms with Gasteiger partial charge in [-0.1, -0.05) is 59.8 Å². The molecule has 1 saturated heterocycles. The third-order valence-electron chi connectivity index (χ3n) is 5.50. The molecule has 0 bridgehead atoms. The topological polar surface area (TPSA) is 83.5 Å². The van der Waals surface area contributed by atoms with Crippen LogP contribution in [0.2, 0.25) is 5.02 Å². The van der Waals surface area contributed by atoms with Gasteiger partial charge in [-0.2, -0.15) is 0 Å². The minimum Gasteiger partial charge on any atom is -0.871 e. The van der Waals surface area contributed by atoms with Gasteiger partial charge in [-0.25, -0.2) is 0 Å². The van der Waals surface area contributed by atoms with Gasteiger partial charge in [-0.15, -0.1) is 0 Å². The van der Waals surface area contributed by atoms with Crippen LogP contribution in [-0.4, -0.2) is 29.7 Å². The first-order valence-electron chi connectivity index (χ1n) is 9.53. The molecule has 0 aliphatic carbocycles. The van der Waals surface area contributed by atoms with Gasteiger partial charge in [0.05, 0.1) is 5.97 Å². The van der Waals surface area contributed by atoms with Gasteiger partial charge in [0.25, 0.3) is 0 Å². The molecule has 158 valence electrons. The van der Waals surface area contributed by atoms with E-state index in [0.717, 1.165) is 12.1 Å². The van der Waals surface area contributed by atoms with Crippen molar-refractivity contribution in [2.45, 2.75) is 25.8 Å². The zero-order chi connectivity index (χ0) is 20.9. The average Bonchev–Trinajstić information content (AvgIpc) is 2.72. The number of carboxylic acids is 1. The van der Waals surface area contributed by atoms with Crippen LogP contribution in [-0.2, 0) is 39.6 Å². The smallest absolute Gasteiger partial charge is 0.871 e. The van der Waals surface area contributed by atoms with Crippen LogP contribution in [0, 0.1) is 5.41 Å². The van der Waals surface area contributed by atoms with Gasteiger partial charge < -0.3 is 15.0 Å². The number of hydrogen-bond donors (Lipinski definition) is 0. The number of ketones is 1. The first kappa shape index (κ1) is 24.2. The fraction of sp³-hybridized carbons (Fsp3) is 0.304. The number of nitrogens with zero attached hydrogens (tertiary/aromatic N) is 1. The van der Waals surface area contributed by atoms with E-state index in [1.165, 1.54) is 5.56 Å². The summed E-state index contributed by atoms with van der Waals surface area (Å²) in [6, 6.07) is 17.3. The summed E-state index contributed by atoms with van der Waals surface area (Å²) in [6.45, 7) is 2.15. The molecule has 2 aromatic rings. The quantitative estimate of drug-likeness (QED) is 0.352. The van der Waals surface area contributed by atoms with Gasteiger partial charge in [0.2, 0.25) is 0 Å². The van der Waals surface area contributed by atoms with Crippen LogP contribution in [0.15, 0.2) is 66.4 Å². The monoisotopic (exact) mass is 467 g/mol. The van der Waals surface area contributed by atoms with Crippen molar-refractivity contribution in [2.75, 3.05) is 13.1 Å². The average molecular weight is 468 g/mol. The van der Waals surface area contributed by atoms with Crippen LogP contribution in [0.3, 0.4) is 0 Å². The predicted molar refractivity (Wildman–Crippen MR) is 107 cm³/mol. The van der Waals surface area contributed by atoms with Crippen molar-refractivity contribution in [3.05, 3.63) is 82.6 Å². The molecule has 0 aromatic heterocycles. The van der Waals surface area contributed by atoms with Crippen molar-refractivity contribution in [2.24, 2.45) is 5.41 Å². The second-order valence-electron chi connectivity index (χ2n) is 7.51. The van der Waals surface area contributed by atoms with E-state index in [1.54, 1.807) is 12.1 Å². The number of benzene rings is 2. The molecule has 7 heteroatoms. The van der Waals surface area contributed by atoms with E-state index >= 15 is 0 Å². The summed E-state index contributed by atoms with van der Waals surface area (Å²) in [5, 5.41) is 23.0. The summed E-state index contributed by atoms with van der Waals surface area (Å²) in [7, 11) is 0. The van der Waals surface area contributed by atoms with E-state index in [2.05, 4.69) is 17.0 Å². The van der Waals surface area contributed by atoms with Crippen molar-refractivity contribution >= 4 is 23.4 Å². The van der Waals surface area contributed by atoms with Gasteiger partial charge in [0.15, 0.2) is 5.78 Å². The molecule has 0 saturated carbocycles. The fourth-order valence-corrected chi connectivity index (χ4v) is 3.94. The van der Waals surface area contributed by atoms with Crippen LogP contribution in [0.4, 0.5) is 0 Å². The number of rotatable bonds is 7. The van der Waals surface area contributed by atoms with E-state index < -0.39 is 22.9 Å². The molecule has 0 spiro atoms. The van der Waals surface area contributed by atoms with Crippen LogP contribution in [0.1, 0.15) is 24.0 Å². The van der Waals surface area contributed by atoms with Crippen molar-refractivity contribution in [1.29, 1.82) is 0 Å². The first-order valence-corrected chi connectivity index (χ1v) is 9.91. The molecule has 0 amide bonds. The van der Waals surface area contributed by atoms with Crippen molar-refractivity contribution in [3.63, 3.8) is 0 Å². The zero-order valence-electron chi connectivity index (χ0n) is 16.3. The molecule has 0 radical (unpaired) electrons. The van der Waals surface area contributed by atoms with Crippen molar-refractivity contribution in [3.8, 4) is 0 Å². The maximum Gasteiger partial charge on any atom is 2.00 e. The Morgan fingerprint density at radius 1 is 0.967 bits per heavy atom. The standard InChI is InChI=1S/C23H24ClNO4.Fe/c24-19-8-6-17(7-9-19)15-23(21(27)14-20(26)22(28)29)10-12-25(13-11-23)16-18-4-2-1-3-5-18;/h1-9,14,26H,10-13,15-16H2,(H,28,29);/q;+2/p-2/b20-14-;. The molecule has 1 aliphatic rings. The molecule has 2 aromatic carbocycles. The Hall–Kier alpha value is -2.11. The second-order valence-corrected chi connectivity index (χ2v) is 7.94. The zero-order valence-corrected chi connectivity index (χ0v) is 18.2. The number of halogens is 1. The van der Waals surface area contributed by atoms with Crippen LogP contribution >= 0.6 is 11.6 Å². The van der Waals surface area contributed by atoms with Gasteiger partial charge in [0.1, 0.15) is 0 Å². The Morgan fingerprint density at radius 2 is 1.57 bits per heavy atom. The normalized spacial score (nSPS) is 16.5. The molecular weight excluding hydrogens is 446 g/mol. The second kappa shape index (κ2) is 10.8. The Labute approximate surface area is 191 Å². The molecule has 1 heterocycles. The number of piperidine rings is 1. The summed E-state index contributed by atoms with van der Waals surface area (Å²) in [5.41, 5.74) is 1.31. The van der Waals surface area contributed by atoms with Gasteiger partial charge in [0, 0.05) is 17.0 Å². The SMILES string of the molecule is O=C([O-])/C([O-])=C/C(=O)C1(Cc2ccc(Cl)cc2)CCN(Cc2ccccc2)CC1.[Fe+2]. The fourth-order valence-electron chi connectivity index (χ4n) is 3.82. The number of likely N-dealkylation sites (tertiary alicyclic amines) is 1. The van der Waals surface area contributed by atoms with Crippen LogP contribution in [0.5, 0.6) is 0 Å². The maximum atomic E-state index is 13.0. The summed E-state index contributed by atoms with van der Waals surface area (Å²) < 4.78 is 0. The Balaban J connectivity index is 0.00000320. The maximum absolute atomic E-state index is 13.0. The number of aliphatic carboxylic acids is 1. The summed E-state index contributed by atoms with van der Waals surface area (Å²) in [5.74, 6) is -3.58. The van der Waals surface area contributed by atoms with E-state index in [1.807, 2.05) is 30.3 Å². The van der Waals surface area contributed by atoms with Gasteiger partial charge in [-0.05, 0) is 61.7 Å². The van der Waals surface area contributed by atoms with Crippen LogP contribution in [0.25, 0.3) is 0 Å². The van der Waals surface area contributed by atoms with Gasteiger partial charge >= 0.3 is 17.1 Å². The van der Waals surface area contributed by atoms with E-state index in [9.17, 15) is 19.8 Å². The largest absolute Gasteiger partial charge is 2.00 e. The predicted octanol–water partition coefficient (Wildman–Crippen LogP) is 1.73. The molecule has 5 nitrogen and oxygen atoms in total. The molecule has 0 unspecified atom stereocenters. The summed E-state index contributed by atoms with van der Waals surface area (Å²) in [6.07, 6.45) is 2.20. The molecule has 1 aliphatic heterocycles. The van der Waals surface area contributed by atoms with Gasteiger partial charge in [-0.3, -0.25) is 9.69 Å². The number of hydrogen-bond acceptors (Lipinski definition) is 5. The first-order chi connectivity index (χ1) is 13.9. The van der Waals surface area contributed by atoms with Crippen molar-refractivity contribution in [1.82, 2.24) is 4.90 Å². The minimum absolute atomic E-state index is 0. The summed E-state index contributed by atoms with van der Waals surface area (Å²) >= 11 is 5.95. The number of carbonyl (C=O) groups is 2. The number of allylic oxidation sites excluding steroid dienone is 1. The van der Waals surface area contributed by atoms with E-state index in [0.29, 0.717) is 43.5 Å². The minimum atomic E-state index is -1.86. The van der Waals surface area contributed by atoms with E-state index in [-0.39, 0.29) is 17.1 Å². The third-order valence-corrected chi connectivity index (χ3v) is 5.76. The number of carbonyl (C=O) groups excluding carboxylic acids is 2. The molecule has 0 atom stereocenters. The molecular formula is C23H22ClFeNO4. The summed E-state index contributed by atoms with van der Waals surface area (Å²) in [4.78, 5) is 26.0. The van der Waals surface area contributed by atoms with Crippen LogP contribution < -0.4 is 10.2 Å². The Morgan fingerprint density at radius 3 is 2.13 bits per heavy atom. The molecule has 3 rings (SSSR count). The Bertz CT molecular complexity index is 891. The van der Waals surface area contributed by atoms with E-state index in [4.69, 9.17) is 11.6 Å². The third kappa shape index (κ3) is 6.19. The van der Waals surface area contributed by atoms with Crippen molar-refractivity contribution < 1.29 is 36.9 Å². The molecule has 30 heavy (non-hydrogen) atoms. The Kier molecular flexibility index (Phi) is 8.68.